The van der Waals surface area contributed by atoms with Crippen LogP contribution in [0.3, 0.4) is 0 Å². The van der Waals surface area contributed by atoms with Gasteiger partial charge in [-0.2, -0.15) is 5.26 Å². The molecule has 0 radical (unpaired) electrons. The van der Waals surface area contributed by atoms with Crippen LogP contribution in [0, 0.1) is 23.0 Å². The predicted molar refractivity (Wildman–Crippen MR) is 69.9 cm³/mol. The third-order valence-electron chi connectivity index (χ3n) is 2.58. The molecule has 0 aliphatic carbocycles. The largest absolute Gasteiger partial charge is 0.391 e. The Kier molecular flexibility index (Phi) is 4.40. The Labute approximate surface area is 114 Å². The van der Waals surface area contributed by atoms with Crippen molar-refractivity contribution in [3.8, 4) is 6.07 Å². The van der Waals surface area contributed by atoms with Gasteiger partial charge >= 0.3 is 0 Å². The first-order valence-corrected chi connectivity index (χ1v) is 5.79. The van der Waals surface area contributed by atoms with Crippen molar-refractivity contribution < 1.29 is 13.6 Å². The predicted octanol–water partition coefficient (Wildman–Crippen LogP) is 3.39. The Hall–Kier alpha value is -2.74. The van der Waals surface area contributed by atoms with Crippen molar-refractivity contribution in [1.82, 2.24) is 0 Å². The van der Waals surface area contributed by atoms with Crippen LogP contribution in [0.1, 0.15) is 16.7 Å². The van der Waals surface area contributed by atoms with Crippen LogP contribution in [0.25, 0.3) is 0 Å². The number of benzene rings is 2. The van der Waals surface area contributed by atoms with Crippen LogP contribution < -0.4 is 0 Å². The van der Waals surface area contributed by atoms with Gasteiger partial charge in [0.15, 0.2) is 0 Å². The van der Waals surface area contributed by atoms with Crippen LogP contribution >= 0.6 is 0 Å². The summed E-state index contributed by atoms with van der Waals surface area (Å²) in [4.78, 5) is 4.94. The lowest BCUT2D eigenvalue weighted by Crippen LogP contribution is -1.94. The average Bonchev–Trinajstić information content (AvgIpc) is 2.46. The summed E-state index contributed by atoms with van der Waals surface area (Å²) in [6.45, 7) is -0.114. The number of nitriles is 1. The Bertz CT molecular complexity index is 678. The molecule has 0 aromatic heterocycles. The van der Waals surface area contributed by atoms with Crippen LogP contribution in [0.5, 0.6) is 0 Å². The third-order valence-corrected chi connectivity index (χ3v) is 2.58. The lowest BCUT2D eigenvalue weighted by Gasteiger charge is -2.02. The first kappa shape index (κ1) is 13.7. The van der Waals surface area contributed by atoms with Gasteiger partial charge in [0.1, 0.15) is 18.2 Å². The molecular weight excluding hydrogens is 262 g/mol. The Morgan fingerprint density at radius 1 is 1.20 bits per heavy atom. The highest BCUT2D eigenvalue weighted by Gasteiger charge is 2.03. The van der Waals surface area contributed by atoms with Gasteiger partial charge < -0.3 is 4.84 Å². The summed E-state index contributed by atoms with van der Waals surface area (Å²) in [7, 11) is 0. The topological polar surface area (TPSA) is 45.4 Å². The summed E-state index contributed by atoms with van der Waals surface area (Å²) < 4.78 is 26.0. The second-order valence-corrected chi connectivity index (χ2v) is 3.94. The van der Waals surface area contributed by atoms with Crippen LogP contribution in [-0.4, -0.2) is 6.21 Å². The van der Waals surface area contributed by atoms with Gasteiger partial charge in [-0.25, -0.2) is 8.78 Å². The highest BCUT2D eigenvalue weighted by molar-refractivity contribution is 5.82. The van der Waals surface area contributed by atoms with E-state index in [-0.39, 0.29) is 12.2 Å². The number of nitrogens with zero attached hydrogens (tertiary/aromatic N) is 2. The molecule has 0 atom stereocenters. The van der Waals surface area contributed by atoms with Gasteiger partial charge in [0, 0.05) is 17.2 Å². The first-order chi connectivity index (χ1) is 9.70. The minimum absolute atomic E-state index is 0.114. The Morgan fingerprint density at radius 2 is 2.00 bits per heavy atom. The van der Waals surface area contributed by atoms with Crippen molar-refractivity contribution in [2.75, 3.05) is 0 Å². The lowest BCUT2D eigenvalue weighted by molar-refractivity contribution is 0.129. The zero-order valence-electron chi connectivity index (χ0n) is 10.4. The standard InChI is InChI=1S/C15H10F2N2O/c16-14-6-5-13(15(17)7-14)10-20-19-9-12-4-2-1-3-11(12)8-18/h1-7,9H,10H2. The van der Waals surface area contributed by atoms with Gasteiger partial charge in [-0.05, 0) is 18.2 Å². The Morgan fingerprint density at radius 3 is 2.75 bits per heavy atom. The molecule has 0 amide bonds. The highest BCUT2D eigenvalue weighted by Crippen LogP contribution is 2.11. The van der Waals surface area contributed by atoms with Crippen molar-refractivity contribution in [2.45, 2.75) is 6.61 Å². The molecule has 0 saturated carbocycles. The van der Waals surface area contributed by atoms with Gasteiger partial charge in [0.05, 0.1) is 17.8 Å². The number of hydrogen-bond donors (Lipinski definition) is 0. The van der Waals surface area contributed by atoms with Crippen LogP contribution in [-0.2, 0) is 11.4 Å². The maximum absolute atomic E-state index is 13.3. The molecule has 5 heteroatoms. The molecule has 0 bridgehead atoms. The Balaban J connectivity index is 1.99. The van der Waals surface area contributed by atoms with E-state index in [4.69, 9.17) is 10.1 Å². The van der Waals surface area contributed by atoms with Gasteiger partial charge in [-0.15, -0.1) is 0 Å². The minimum atomic E-state index is -0.683. The average molecular weight is 272 g/mol. The smallest absolute Gasteiger partial charge is 0.145 e. The van der Waals surface area contributed by atoms with Gasteiger partial charge in [0.2, 0.25) is 0 Å². The molecule has 0 unspecified atom stereocenters. The van der Waals surface area contributed by atoms with Crippen molar-refractivity contribution in [3.05, 3.63) is 70.8 Å². The second-order valence-electron chi connectivity index (χ2n) is 3.94. The van der Waals surface area contributed by atoms with Crippen molar-refractivity contribution >= 4 is 6.21 Å². The molecule has 0 heterocycles. The van der Waals surface area contributed by atoms with E-state index in [1.54, 1.807) is 24.3 Å². The van der Waals surface area contributed by atoms with Crippen molar-refractivity contribution in [2.24, 2.45) is 5.16 Å². The molecule has 0 aliphatic rings. The molecule has 0 spiro atoms. The molecule has 3 nitrogen and oxygen atoms in total. The third kappa shape index (κ3) is 3.39. The molecule has 0 aliphatic heterocycles. The van der Waals surface area contributed by atoms with E-state index < -0.39 is 11.6 Å². The quantitative estimate of drug-likeness (QED) is 0.632. The zero-order chi connectivity index (χ0) is 14.4. The molecule has 2 aromatic carbocycles. The zero-order valence-corrected chi connectivity index (χ0v) is 10.4. The number of rotatable bonds is 4. The summed E-state index contributed by atoms with van der Waals surface area (Å²) in [6, 6.07) is 12.1. The van der Waals surface area contributed by atoms with E-state index in [1.807, 2.05) is 6.07 Å². The molecule has 20 heavy (non-hydrogen) atoms. The highest BCUT2D eigenvalue weighted by atomic mass is 19.1. The number of halogens is 2. The first-order valence-electron chi connectivity index (χ1n) is 5.79. The molecular formula is C15H10F2N2O. The van der Waals surface area contributed by atoms with Crippen LogP contribution in [0.15, 0.2) is 47.6 Å². The fourth-order valence-corrected chi connectivity index (χ4v) is 1.55. The lowest BCUT2D eigenvalue weighted by atomic mass is 10.1. The molecule has 2 rings (SSSR count). The van der Waals surface area contributed by atoms with Gasteiger partial charge in [-0.3, -0.25) is 0 Å². The summed E-state index contributed by atoms with van der Waals surface area (Å²) in [5.74, 6) is -1.32. The maximum Gasteiger partial charge on any atom is 0.145 e. The van der Waals surface area contributed by atoms with Crippen LogP contribution in [0.2, 0.25) is 0 Å². The maximum atomic E-state index is 13.3. The van der Waals surface area contributed by atoms with E-state index >= 15 is 0 Å². The fourth-order valence-electron chi connectivity index (χ4n) is 1.55. The minimum Gasteiger partial charge on any atom is -0.391 e. The van der Waals surface area contributed by atoms with E-state index in [0.29, 0.717) is 11.1 Å². The van der Waals surface area contributed by atoms with E-state index in [1.165, 1.54) is 12.3 Å². The van der Waals surface area contributed by atoms with E-state index in [9.17, 15) is 8.78 Å². The molecule has 0 fully saturated rings. The van der Waals surface area contributed by atoms with Gasteiger partial charge in [-0.1, -0.05) is 23.4 Å². The summed E-state index contributed by atoms with van der Waals surface area (Å²) >= 11 is 0. The van der Waals surface area contributed by atoms with E-state index in [2.05, 4.69) is 5.16 Å². The van der Waals surface area contributed by atoms with Crippen molar-refractivity contribution in [3.63, 3.8) is 0 Å². The monoisotopic (exact) mass is 272 g/mol. The van der Waals surface area contributed by atoms with Crippen molar-refractivity contribution in [1.29, 1.82) is 5.26 Å². The van der Waals surface area contributed by atoms with Crippen LogP contribution in [0.4, 0.5) is 8.78 Å². The number of oxime groups is 1. The summed E-state index contributed by atoms with van der Waals surface area (Å²) in [6.07, 6.45) is 1.37. The van der Waals surface area contributed by atoms with E-state index in [0.717, 1.165) is 12.1 Å². The summed E-state index contributed by atoms with van der Waals surface area (Å²) in [5, 5.41) is 12.6. The molecule has 0 N–H and O–H groups in total. The van der Waals surface area contributed by atoms with Gasteiger partial charge in [0.25, 0.3) is 0 Å². The fraction of sp³-hybridized carbons (Fsp3) is 0.0667. The molecule has 2 aromatic rings. The number of hydrogen-bond acceptors (Lipinski definition) is 3. The molecule has 0 saturated heterocycles. The summed E-state index contributed by atoms with van der Waals surface area (Å²) in [5.41, 5.74) is 1.28. The second kappa shape index (κ2) is 6.43. The molecule has 100 valence electrons. The SMILES string of the molecule is N#Cc1ccccc1C=NOCc1ccc(F)cc1F. The normalized spacial score (nSPS) is 10.4.